The molecule has 0 saturated heterocycles. The summed E-state index contributed by atoms with van der Waals surface area (Å²) in [7, 11) is 1.87. The van der Waals surface area contributed by atoms with E-state index in [2.05, 4.69) is 17.6 Å². The minimum Gasteiger partial charge on any atom is -0.388 e. The minimum atomic E-state index is 0.0507. The number of carbonyl (C=O) groups excluding carboxylic acids is 1. The molecule has 4 heteroatoms. The molecule has 0 aromatic heterocycles. The fourth-order valence-corrected chi connectivity index (χ4v) is 3.66. The number of anilines is 1. The van der Waals surface area contributed by atoms with Crippen molar-refractivity contribution >= 4 is 23.4 Å². The molecule has 1 amide bonds. The SMILES string of the molecule is CCSC1CCC(NC(=O)c2ccc(NC)cc2)C1. The molecule has 0 aliphatic heterocycles. The van der Waals surface area contributed by atoms with Crippen molar-refractivity contribution in [1.29, 1.82) is 0 Å². The summed E-state index contributed by atoms with van der Waals surface area (Å²) in [6.07, 6.45) is 3.44. The highest BCUT2D eigenvalue weighted by Gasteiger charge is 2.25. The molecule has 19 heavy (non-hydrogen) atoms. The second-order valence-corrected chi connectivity index (χ2v) is 6.47. The van der Waals surface area contributed by atoms with Crippen LogP contribution in [0.3, 0.4) is 0 Å². The van der Waals surface area contributed by atoms with Crippen LogP contribution >= 0.6 is 11.8 Å². The van der Waals surface area contributed by atoms with Crippen LogP contribution < -0.4 is 10.6 Å². The molecule has 1 fully saturated rings. The first kappa shape index (κ1) is 14.3. The standard InChI is InChI=1S/C15H22N2OS/c1-3-19-14-9-8-13(10-14)17-15(18)11-4-6-12(16-2)7-5-11/h4-7,13-14,16H,3,8-10H2,1-2H3,(H,17,18). The molecule has 2 atom stereocenters. The molecular formula is C15H22N2OS. The van der Waals surface area contributed by atoms with Crippen molar-refractivity contribution in [2.75, 3.05) is 18.1 Å². The van der Waals surface area contributed by atoms with Gasteiger partial charge in [-0.3, -0.25) is 4.79 Å². The minimum absolute atomic E-state index is 0.0507. The van der Waals surface area contributed by atoms with E-state index in [0.717, 1.165) is 35.1 Å². The van der Waals surface area contributed by atoms with Gasteiger partial charge in [0.15, 0.2) is 0 Å². The summed E-state index contributed by atoms with van der Waals surface area (Å²) in [5.41, 5.74) is 1.77. The summed E-state index contributed by atoms with van der Waals surface area (Å²) in [4.78, 5) is 12.1. The Morgan fingerprint density at radius 1 is 1.32 bits per heavy atom. The number of rotatable bonds is 5. The molecule has 2 rings (SSSR count). The maximum absolute atomic E-state index is 12.1. The van der Waals surface area contributed by atoms with Crippen molar-refractivity contribution in [2.45, 2.75) is 37.5 Å². The van der Waals surface area contributed by atoms with Crippen LogP contribution in [-0.2, 0) is 0 Å². The molecule has 1 aliphatic rings. The Hall–Kier alpha value is -1.16. The topological polar surface area (TPSA) is 41.1 Å². The third kappa shape index (κ3) is 3.90. The van der Waals surface area contributed by atoms with Crippen molar-refractivity contribution in [3.8, 4) is 0 Å². The molecule has 0 heterocycles. The monoisotopic (exact) mass is 278 g/mol. The number of hydrogen-bond donors (Lipinski definition) is 2. The Labute approximate surface area is 119 Å². The van der Waals surface area contributed by atoms with E-state index in [1.165, 1.54) is 6.42 Å². The molecule has 0 spiro atoms. The van der Waals surface area contributed by atoms with Gasteiger partial charge in [0.2, 0.25) is 0 Å². The predicted octanol–water partition coefficient (Wildman–Crippen LogP) is 3.13. The Bertz CT molecular complexity index is 419. The number of thioether (sulfide) groups is 1. The van der Waals surface area contributed by atoms with Crippen LogP contribution in [0.15, 0.2) is 24.3 Å². The zero-order valence-corrected chi connectivity index (χ0v) is 12.4. The molecule has 1 aromatic carbocycles. The lowest BCUT2D eigenvalue weighted by molar-refractivity contribution is 0.0938. The van der Waals surface area contributed by atoms with Crippen molar-refractivity contribution < 1.29 is 4.79 Å². The van der Waals surface area contributed by atoms with Crippen LogP contribution in [0.2, 0.25) is 0 Å². The van der Waals surface area contributed by atoms with E-state index >= 15 is 0 Å². The lowest BCUT2D eigenvalue weighted by Crippen LogP contribution is -2.33. The Morgan fingerprint density at radius 3 is 2.68 bits per heavy atom. The highest BCUT2D eigenvalue weighted by molar-refractivity contribution is 7.99. The third-order valence-corrected chi connectivity index (χ3v) is 4.79. The fraction of sp³-hybridized carbons (Fsp3) is 0.533. The van der Waals surface area contributed by atoms with Crippen molar-refractivity contribution in [2.24, 2.45) is 0 Å². The van der Waals surface area contributed by atoms with Gasteiger partial charge in [-0.1, -0.05) is 6.92 Å². The van der Waals surface area contributed by atoms with Gasteiger partial charge in [-0.25, -0.2) is 0 Å². The average Bonchev–Trinajstić information content (AvgIpc) is 2.86. The van der Waals surface area contributed by atoms with E-state index in [1.54, 1.807) is 0 Å². The molecule has 0 bridgehead atoms. The van der Waals surface area contributed by atoms with E-state index in [1.807, 2.05) is 43.1 Å². The lowest BCUT2D eigenvalue weighted by Gasteiger charge is -2.13. The quantitative estimate of drug-likeness (QED) is 0.869. The predicted molar refractivity (Wildman–Crippen MR) is 83.0 cm³/mol. The van der Waals surface area contributed by atoms with Gasteiger partial charge >= 0.3 is 0 Å². The normalized spacial score (nSPS) is 22.2. The van der Waals surface area contributed by atoms with Gasteiger partial charge in [0.05, 0.1) is 0 Å². The largest absolute Gasteiger partial charge is 0.388 e. The van der Waals surface area contributed by atoms with E-state index in [-0.39, 0.29) is 5.91 Å². The fourth-order valence-electron chi connectivity index (χ4n) is 2.52. The van der Waals surface area contributed by atoms with Crippen LogP contribution in [0.25, 0.3) is 0 Å². The third-order valence-electron chi connectivity index (χ3n) is 3.56. The Kier molecular flexibility index (Phi) is 5.14. The molecule has 2 unspecified atom stereocenters. The smallest absolute Gasteiger partial charge is 0.251 e. The van der Waals surface area contributed by atoms with Crippen LogP contribution in [0.4, 0.5) is 5.69 Å². The van der Waals surface area contributed by atoms with Crippen LogP contribution in [0.5, 0.6) is 0 Å². The maximum Gasteiger partial charge on any atom is 0.251 e. The average molecular weight is 278 g/mol. The van der Waals surface area contributed by atoms with Gasteiger partial charge in [0.1, 0.15) is 0 Å². The number of benzene rings is 1. The molecule has 0 radical (unpaired) electrons. The lowest BCUT2D eigenvalue weighted by atomic mass is 10.1. The molecule has 3 nitrogen and oxygen atoms in total. The van der Waals surface area contributed by atoms with Gasteiger partial charge in [-0.05, 0) is 49.3 Å². The molecule has 1 saturated carbocycles. The van der Waals surface area contributed by atoms with Gasteiger partial charge in [-0.15, -0.1) is 0 Å². The maximum atomic E-state index is 12.1. The molecule has 104 valence electrons. The van der Waals surface area contributed by atoms with E-state index in [4.69, 9.17) is 0 Å². The second-order valence-electron chi connectivity index (χ2n) is 4.89. The van der Waals surface area contributed by atoms with Crippen molar-refractivity contribution in [1.82, 2.24) is 5.32 Å². The first-order chi connectivity index (χ1) is 9.22. The summed E-state index contributed by atoms with van der Waals surface area (Å²) >= 11 is 2.01. The Balaban J connectivity index is 1.87. The summed E-state index contributed by atoms with van der Waals surface area (Å²) < 4.78 is 0. The molecule has 1 aliphatic carbocycles. The molecular weight excluding hydrogens is 256 g/mol. The van der Waals surface area contributed by atoms with E-state index in [9.17, 15) is 4.79 Å². The van der Waals surface area contributed by atoms with Gasteiger partial charge in [0.25, 0.3) is 5.91 Å². The van der Waals surface area contributed by atoms with Crippen molar-refractivity contribution in [3.05, 3.63) is 29.8 Å². The number of nitrogens with one attached hydrogen (secondary N) is 2. The molecule has 2 N–H and O–H groups in total. The zero-order valence-electron chi connectivity index (χ0n) is 11.6. The van der Waals surface area contributed by atoms with Gasteiger partial charge in [0, 0.05) is 29.6 Å². The van der Waals surface area contributed by atoms with Crippen molar-refractivity contribution in [3.63, 3.8) is 0 Å². The first-order valence-electron chi connectivity index (χ1n) is 6.93. The Morgan fingerprint density at radius 2 is 2.05 bits per heavy atom. The summed E-state index contributed by atoms with van der Waals surface area (Å²) in [6, 6.07) is 7.95. The van der Waals surface area contributed by atoms with Crippen LogP contribution in [0.1, 0.15) is 36.5 Å². The van der Waals surface area contributed by atoms with Crippen LogP contribution in [-0.4, -0.2) is 30.0 Å². The summed E-state index contributed by atoms with van der Waals surface area (Å²) in [5, 5.41) is 6.92. The van der Waals surface area contributed by atoms with Gasteiger partial charge in [-0.2, -0.15) is 11.8 Å². The summed E-state index contributed by atoms with van der Waals surface area (Å²) in [6.45, 7) is 2.19. The number of amides is 1. The summed E-state index contributed by atoms with van der Waals surface area (Å²) in [5.74, 6) is 1.21. The van der Waals surface area contributed by atoms with E-state index < -0.39 is 0 Å². The first-order valence-corrected chi connectivity index (χ1v) is 7.98. The highest BCUT2D eigenvalue weighted by Crippen LogP contribution is 2.29. The second kappa shape index (κ2) is 6.85. The number of hydrogen-bond acceptors (Lipinski definition) is 3. The van der Waals surface area contributed by atoms with E-state index in [0.29, 0.717) is 6.04 Å². The molecule has 1 aromatic rings. The zero-order chi connectivity index (χ0) is 13.7. The highest BCUT2D eigenvalue weighted by atomic mass is 32.2. The number of carbonyl (C=O) groups is 1. The van der Waals surface area contributed by atoms with Crippen LogP contribution in [0, 0.1) is 0 Å². The van der Waals surface area contributed by atoms with Gasteiger partial charge < -0.3 is 10.6 Å².